The first-order valence-corrected chi connectivity index (χ1v) is 8.61. The van der Waals surface area contributed by atoms with E-state index in [9.17, 15) is 9.90 Å². The fraction of sp³-hybridized carbons (Fsp3) is 0.238. The summed E-state index contributed by atoms with van der Waals surface area (Å²) < 4.78 is 5.90. The lowest BCUT2D eigenvalue weighted by molar-refractivity contribution is 0.0818. The van der Waals surface area contributed by atoms with Gasteiger partial charge in [0, 0.05) is 31.4 Å². The maximum absolute atomic E-state index is 12.4. The van der Waals surface area contributed by atoms with Crippen molar-refractivity contribution in [3.05, 3.63) is 59.9 Å². The summed E-state index contributed by atoms with van der Waals surface area (Å²) in [6.07, 6.45) is 0. The standard InChI is InChI=1S/C21H23N3O3/c1-23(2)13-18-17-12-15(27-14-8-6-5-7-9-14)10-11-16(17)20(25)19(22-18)21(26)24(3)4/h5-12,25H,13H2,1-4H3. The molecule has 27 heavy (non-hydrogen) atoms. The second kappa shape index (κ2) is 7.63. The van der Waals surface area contributed by atoms with Crippen molar-refractivity contribution >= 4 is 16.7 Å². The zero-order valence-electron chi connectivity index (χ0n) is 15.9. The van der Waals surface area contributed by atoms with E-state index in [1.54, 1.807) is 26.2 Å². The normalized spacial score (nSPS) is 11.0. The van der Waals surface area contributed by atoms with Crippen LogP contribution in [-0.2, 0) is 6.54 Å². The monoisotopic (exact) mass is 365 g/mol. The first kappa shape index (κ1) is 18.7. The van der Waals surface area contributed by atoms with E-state index >= 15 is 0 Å². The Balaban J connectivity index is 2.13. The van der Waals surface area contributed by atoms with Crippen LogP contribution in [-0.4, -0.2) is 54.0 Å². The van der Waals surface area contributed by atoms with Crippen LogP contribution in [0.25, 0.3) is 10.8 Å². The van der Waals surface area contributed by atoms with Crippen LogP contribution < -0.4 is 4.74 Å². The maximum Gasteiger partial charge on any atom is 0.275 e. The summed E-state index contributed by atoms with van der Waals surface area (Å²) in [4.78, 5) is 20.3. The van der Waals surface area contributed by atoms with E-state index in [1.807, 2.05) is 55.4 Å². The Morgan fingerprint density at radius 1 is 1.00 bits per heavy atom. The molecule has 0 aliphatic rings. The van der Waals surface area contributed by atoms with Crippen LogP contribution in [0.1, 0.15) is 16.2 Å². The lowest BCUT2D eigenvalue weighted by Crippen LogP contribution is -2.24. The molecule has 2 aromatic carbocycles. The highest BCUT2D eigenvalue weighted by Crippen LogP contribution is 2.34. The number of benzene rings is 2. The second-order valence-corrected chi connectivity index (χ2v) is 6.82. The van der Waals surface area contributed by atoms with Crippen LogP contribution in [0, 0.1) is 0 Å². The van der Waals surface area contributed by atoms with Gasteiger partial charge in [-0.3, -0.25) is 4.79 Å². The maximum atomic E-state index is 12.4. The molecule has 0 radical (unpaired) electrons. The second-order valence-electron chi connectivity index (χ2n) is 6.82. The Bertz CT molecular complexity index is 969. The van der Waals surface area contributed by atoms with E-state index in [-0.39, 0.29) is 17.4 Å². The number of nitrogens with zero attached hydrogens (tertiary/aromatic N) is 3. The lowest BCUT2D eigenvalue weighted by atomic mass is 10.1. The van der Waals surface area contributed by atoms with Gasteiger partial charge in [-0.25, -0.2) is 4.98 Å². The highest BCUT2D eigenvalue weighted by atomic mass is 16.5. The number of hydrogen-bond donors (Lipinski definition) is 1. The zero-order chi connectivity index (χ0) is 19.6. The Kier molecular flexibility index (Phi) is 5.28. The topological polar surface area (TPSA) is 65.9 Å². The molecule has 140 valence electrons. The quantitative estimate of drug-likeness (QED) is 0.750. The molecule has 3 aromatic rings. The largest absolute Gasteiger partial charge is 0.505 e. The molecule has 6 nitrogen and oxygen atoms in total. The van der Waals surface area contributed by atoms with E-state index in [0.29, 0.717) is 23.4 Å². The molecule has 0 unspecified atom stereocenters. The molecule has 6 heteroatoms. The van der Waals surface area contributed by atoms with Gasteiger partial charge in [-0.05, 0) is 44.4 Å². The Morgan fingerprint density at radius 3 is 2.33 bits per heavy atom. The molecular formula is C21H23N3O3. The van der Waals surface area contributed by atoms with Crippen LogP contribution >= 0.6 is 0 Å². The van der Waals surface area contributed by atoms with E-state index in [2.05, 4.69) is 4.98 Å². The Hall–Kier alpha value is -3.12. The van der Waals surface area contributed by atoms with Gasteiger partial charge in [-0.1, -0.05) is 18.2 Å². The third-order valence-electron chi connectivity index (χ3n) is 4.08. The van der Waals surface area contributed by atoms with Crippen LogP contribution in [0.15, 0.2) is 48.5 Å². The molecule has 0 fully saturated rings. The van der Waals surface area contributed by atoms with Gasteiger partial charge < -0.3 is 19.6 Å². The number of carbonyl (C=O) groups is 1. The van der Waals surface area contributed by atoms with Crippen molar-refractivity contribution in [3.63, 3.8) is 0 Å². The van der Waals surface area contributed by atoms with E-state index in [4.69, 9.17) is 4.74 Å². The van der Waals surface area contributed by atoms with Gasteiger partial charge in [0.15, 0.2) is 11.4 Å². The van der Waals surface area contributed by atoms with Crippen molar-refractivity contribution in [2.75, 3.05) is 28.2 Å². The summed E-state index contributed by atoms with van der Waals surface area (Å²) in [6.45, 7) is 0.527. The van der Waals surface area contributed by atoms with Gasteiger partial charge in [0.1, 0.15) is 11.5 Å². The summed E-state index contributed by atoms with van der Waals surface area (Å²) in [5.74, 6) is 0.917. The Morgan fingerprint density at radius 2 is 1.70 bits per heavy atom. The molecule has 0 aliphatic carbocycles. The highest BCUT2D eigenvalue weighted by molar-refractivity contribution is 6.02. The van der Waals surface area contributed by atoms with Crippen molar-refractivity contribution in [2.45, 2.75) is 6.54 Å². The number of para-hydroxylation sites is 1. The van der Waals surface area contributed by atoms with Crippen molar-refractivity contribution < 1.29 is 14.6 Å². The van der Waals surface area contributed by atoms with Gasteiger partial charge in [-0.2, -0.15) is 0 Å². The first-order chi connectivity index (χ1) is 12.9. The molecule has 1 N–H and O–H groups in total. The summed E-state index contributed by atoms with van der Waals surface area (Å²) in [7, 11) is 7.13. The number of hydrogen-bond acceptors (Lipinski definition) is 5. The third kappa shape index (κ3) is 4.01. The van der Waals surface area contributed by atoms with E-state index < -0.39 is 0 Å². The lowest BCUT2D eigenvalue weighted by Gasteiger charge is -2.17. The van der Waals surface area contributed by atoms with E-state index in [0.717, 1.165) is 11.1 Å². The summed E-state index contributed by atoms with van der Waals surface area (Å²) >= 11 is 0. The van der Waals surface area contributed by atoms with Gasteiger partial charge in [0.25, 0.3) is 5.91 Å². The van der Waals surface area contributed by atoms with Crippen LogP contribution in [0.4, 0.5) is 0 Å². The average Bonchev–Trinajstić information content (AvgIpc) is 2.64. The predicted octanol–water partition coefficient (Wildman–Crippen LogP) is 3.50. The molecule has 3 rings (SSSR count). The molecule has 1 heterocycles. The molecule has 0 saturated heterocycles. The smallest absolute Gasteiger partial charge is 0.275 e. The highest BCUT2D eigenvalue weighted by Gasteiger charge is 2.21. The van der Waals surface area contributed by atoms with Crippen molar-refractivity contribution in [3.8, 4) is 17.2 Å². The number of carbonyl (C=O) groups excluding carboxylic acids is 1. The number of aromatic hydroxyl groups is 1. The van der Waals surface area contributed by atoms with Crippen molar-refractivity contribution in [1.82, 2.24) is 14.8 Å². The fourth-order valence-electron chi connectivity index (χ4n) is 2.81. The first-order valence-electron chi connectivity index (χ1n) is 8.61. The molecular weight excluding hydrogens is 342 g/mol. The van der Waals surface area contributed by atoms with E-state index in [1.165, 1.54) is 4.90 Å². The minimum Gasteiger partial charge on any atom is -0.505 e. The number of rotatable bonds is 5. The number of amides is 1. The van der Waals surface area contributed by atoms with Crippen LogP contribution in [0.3, 0.4) is 0 Å². The SMILES string of the molecule is CN(C)Cc1nc(C(=O)N(C)C)c(O)c2ccc(Oc3ccccc3)cc12. The molecule has 1 aromatic heterocycles. The molecule has 0 spiro atoms. The summed E-state index contributed by atoms with van der Waals surface area (Å²) in [6, 6.07) is 14.9. The summed E-state index contributed by atoms with van der Waals surface area (Å²) in [5, 5.41) is 12.0. The molecule has 0 saturated carbocycles. The molecule has 1 amide bonds. The predicted molar refractivity (Wildman–Crippen MR) is 105 cm³/mol. The van der Waals surface area contributed by atoms with Crippen molar-refractivity contribution in [1.29, 1.82) is 0 Å². The van der Waals surface area contributed by atoms with Gasteiger partial charge in [-0.15, -0.1) is 0 Å². The number of fused-ring (bicyclic) bond motifs is 1. The van der Waals surface area contributed by atoms with Gasteiger partial charge >= 0.3 is 0 Å². The van der Waals surface area contributed by atoms with Crippen LogP contribution in [0.2, 0.25) is 0 Å². The average molecular weight is 365 g/mol. The molecule has 0 bridgehead atoms. The minimum atomic E-state index is -0.334. The Labute approximate surface area is 158 Å². The van der Waals surface area contributed by atoms with Crippen LogP contribution in [0.5, 0.6) is 17.2 Å². The third-order valence-corrected chi connectivity index (χ3v) is 4.08. The number of pyridine rings is 1. The molecule has 0 aliphatic heterocycles. The fourth-order valence-corrected chi connectivity index (χ4v) is 2.81. The molecule has 0 atom stereocenters. The number of aromatic nitrogens is 1. The van der Waals surface area contributed by atoms with Crippen molar-refractivity contribution in [2.24, 2.45) is 0 Å². The van der Waals surface area contributed by atoms with Gasteiger partial charge in [0.05, 0.1) is 5.69 Å². The summed E-state index contributed by atoms with van der Waals surface area (Å²) in [5.41, 5.74) is 0.762. The zero-order valence-corrected chi connectivity index (χ0v) is 15.9. The number of ether oxygens (including phenoxy) is 1. The van der Waals surface area contributed by atoms with Gasteiger partial charge in [0.2, 0.25) is 0 Å². The minimum absolute atomic E-state index is 0.0566.